The fourth-order valence-corrected chi connectivity index (χ4v) is 3.04. The molecule has 31 heavy (non-hydrogen) atoms. The van der Waals surface area contributed by atoms with Gasteiger partial charge in [0.25, 0.3) is 5.69 Å². The first-order valence-electron chi connectivity index (χ1n) is 9.33. The monoisotopic (exact) mass is 431 g/mol. The third-order valence-electron chi connectivity index (χ3n) is 4.44. The summed E-state index contributed by atoms with van der Waals surface area (Å²) < 4.78 is 18.2. The number of nitro groups is 1. The third-order valence-corrected chi connectivity index (χ3v) is 4.44. The number of amides is 2. The Morgan fingerprint density at radius 2 is 1.77 bits per heavy atom. The van der Waals surface area contributed by atoms with Crippen molar-refractivity contribution in [2.75, 3.05) is 7.11 Å². The number of carbonyl (C=O) groups is 3. The van der Waals surface area contributed by atoms with Gasteiger partial charge in [-0.05, 0) is 17.7 Å². The first-order valence-corrected chi connectivity index (χ1v) is 9.33. The highest BCUT2D eigenvalue weighted by atomic mass is 19.1. The van der Waals surface area contributed by atoms with Crippen LogP contribution in [0.5, 0.6) is 0 Å². The lowest BCUT2D eigenvalue weighted by molar-refractivity contribution is -0.385. The number of halogens is 1. The van der Waals surface area contributed by atoms with E-state index in [2.05, 4.69) is 10.6 Å². The van der Waals surface area contributed by atoms with Crippen molar-refractivity contribution in [3.63, 3.8) is 0 Å². The number of methoxy groups -OCH3 is 1. The van der Waals surface area contributed by atoms with Crippen LogP contribution in [-0.4, -0.2) is 41.9 Å². The van der Waals surface area contributed by atoms with Gasteiger partial charge in [-0.15, -0.1) is 0 Å². The fraction of sp³-hybridized carbons (Fsp3) is 0.286. The SMILES string of the molecule is COC(=O)[C@@H](Cc1ccccc1[N+](=O)[O-])NC(=O)[C@H](Cc1cccc(F)c1)NC(C)=O. The van der Waals surface area contributed by atoms with Gasteiger partial charge in [0.05, 0.1) is 12.0 Å². The average molecular weight is 431 g/mol. The Balaban J connectivity index is 2.24. The molecule has 0 saturated heterocycles. The molecule has 164 valence electrons. The van der Waals surface area contributed by atoms with Gasteiger partial charge in [0.15, 0.2) is 0 Å². The van der Waals surface area contributed by atoms with Gasteiger partial charge in [-0.25, -0.2) is 9.18 Å². The summed E-state index contributed by atoms with van der Waals surface area (Å²) in [5, 5.41) is 16.2. The summed E-state index contributed by atoms with van der Waals surface area (Å²) in [4.78, 5) is 47.3. The van der Waals surface area contributed by atoms with Crippen LogP contribution in [0.4, 0.5) is 10.1 Å². The molecular formula is C21H22FN3O6. The summed E-state index contributed by atoms with van der Waals surface area (Å²) in [5.74, 6) is -2.51. The zero-order valence-corrected chi connectivity index (χ0v) is 17.0. The Morgan fingerprint density at radius 3 is 2.39 bits per heavy atom. The number of carbonyl (C=O) groups excluding carboxylic acids is 3. The van der Waals surface area contributed by atoms with Gasteiger partial charge in [-0.3, -0.25) is 19.7 Å². The van der Waals surface area contributed by atoms with E-state index in [0.717, 1.165) is 7.11 Å². The Hall–Kier alpha value is -3.82. The molecule has 2 N–H and O–H groups in total. The minimum atomic E-state index is -1.23. The zero-order valence-electron chi connectivity index (χ0n) is 17.0. The Bertz CT molecular complexity index is 981. The fourth-order valence-electron chi connectivity index (χ4n) is 3.04. The number of esters is 1. The Labute approximate surface area is 177 Å². The normalized spacial score (nSPS) is 12.4. The van der Waals surface area contributed by atoms with Crippen LogP contribution in [0.25, 0.3) is 0 Å². The van der Waals surface area contributed by atoms with Gasteiger partial charge in [-0.2, -0.15) is 0 Å². The van der Waals surface area contributed by atoms with Crippen molar-refractivity contribution in [1.29, 1.82) is 0 Å². The van der Waals surface area contributed by atoms with Gasteiger partial charge in [0.2, 0.25) is 11.8 Å². The molecule has 0 aliphatic carbocycles. The van der Waals surface area contributed by atoms with Crippen molar-refractivity contribution in [2.45, 2.75) is 31.8 Å². The smallest absolute Gasteiger partial charge is 0.328 e. The minimum absolute atomic E-state index is 0.0252. The maximum atomic E-state index is 13.5. The number of hydrogen-bond acceptors (Lipinski definition) is 6. The van der Waals surface area contributed by atoms with Crippen LogP contribution in [0.1, 0.15) is 18.1 Å². The van der Waals surface area contributed by atoms with E-state index >= 15 is 0 Å². The van der Waals surface area contributed by atoms with Crippen molar-refractivity contribution in [3.8, 4) is 0 Å². The minimum Gasteiger partial charge on any atom is -0.467 e. The van der Waals surface area contributed by atoms with Crippen molar-refractivity contribution in [2.24, 2.45) is 0 Å². The van der Waals surface area contributed by atoms with Crippen LogP contribution in [0.2, 0.25) is 0 Å². The second-order valence-electron chi connectivity index (χ2n) is 6.76. The van der Waals surface area contributed by atoms with E-state index in [1.165, 1.54) is 43.3 Å². The molecule has 0 aromatic heterocycles. The standard InChI is InChI=1S/C21H22FN3O6/c1-13(26)23-17(11-14-6-5-8-16(22)10-14)20(27)24-18(21(28)31-2)12-15-7-3-4-9-19(15)25(29)30/h3-10,17-18H,11-12H2,1-2H3,(H,23,26)(H,24,27)/t17-,18+/m0/s1. The number of benzene rings is 2. The topological polar surface area (TPSA) is 128 Å². The van der Waals surface area contributed by atoms with Crippen molar-refractivity contribution in [3.05, 3.63) is 75.6 Å². The molecule has 0 saturated carbocycles. The van der Waals surface area contributed by atoms with Crippen molar-refractivity contribution < 1.29 is 28.4 Å². The third kappa shape index (κ3) is 6.88. The number of para-hydroxylation sites is 1. The van der Waals surface area contributed by atoms with Crippen LogP contribution < -0.4 is 10.6 Å². The molecule has 2 atom stereocenters. The molecule has 0 spiro atoms. The van der Waals surface area contributed by atoms with E-state index in [1.807, 2.05) is 0 Å². The molecule has 2 rings (SSSR count). The first-order chi connectivity index (χ1) is 14.7. The maximum Gasteiger partial charge on any atom is 0.328 e. The van der Waals surface area contributed by atoms with Crippen LogP contribution in [-0.2, 0) is 32.0 Å². The number of nitrogens with zero attached hydrogens (tertiary/aromatic N) is 1. The lowest BCUT2D eigenvalue weighted by Gasteiger charge is -2.22. The molecular weight excluding hydrogens is 409 g/mol. The second-order valence-corrected chi connectivity index (χ2v) is 6.76. The molecule has 0 heterocycles. The van der Waals surface area contributed by atoms with Crippen LogP contribution in [0, 0.1) is 15.9 Å². The summed E-state index contributed by atoms with van der Waals surface area (Å²) in [5.41, 5.74) is 0.482. The predicted octanol–water partition coefficient (Wildman–Crippen LogP) is 1.68. The lowest BCUT2D eigenvalue weighted by atomic mass is 10.0. The quantitative estimate of drug-likeness (QED) is 0.353. The van der Waals surface area contributed by atoms with E-state index in [-0.39, 0.29) is 24.1 Å². The van der Waals surface area contributed by atoms with E-state index in [9.17, 15) is 28.9 Å². The predicted molar refractivity (Wildman–Crippen MR) is 108 cm³/mol. The summed E-state index contributed by atoms with van der Waals surface area (Å²) in [6, 6.07) is 9.02. The lowest BCUT2D eigenvalue weighted by Crippen LogP contribution is -2.53. The zero-order chi connectivity index (χ0) is 23.0. The van der Waals surface area contributed by atoms with E-state index in [1.54, 1.807) is 12.1 Å². The van der Waals surface area contributed by atoms with E-state index < -0.39 is 40.6 Å². The summed E-state index contributed by atoms with van der Waals surface area (Å²) >= 11 is 0. The number of nitrogens with one attached hydrogen (secondary N) is 2. The molecule has 0 bridgehead atoms. The molecule has 2 aromatic rings. The summed E-state index contributed by atoms with van der Waals surface area (Å²) in [7, 11) is 1.12. The van der Waals surface area contributed by atoms with E-state index in [0.29, 0.717) is 5.56 Å². The maximum absolute atomic E-state index is 13.5. The molecule has 2 aromatic carbocycles. The molecule has 2 amide bonds. The number of nitro benzene ring substituents is 1. The van der Waals surface area contributed by atoms with Gasteiger partial charge in [0.1, 0.15) is 17.9 Å². The molecule has 0 unspecified atom stereocenters. The summed E-state index contributed by atoms with van der Waals surface area (Å²) in [6.07, 6.45) is -0.217. The summed E-state index contributed by atoms with van der Waals surface area (Å²) in [6.45, 7) is 1.22. The number of ether oxygens (including phenoxy) is 1. The van der Waals surface area contributed by atoms with Gasteiger partial charge in [0, 0.05) is 31.4 Å². The van der Waals surface area contributed by atoms with Crippen molar-refractivity contribution in [1.82, 2.24) is 10.6 Å². The number of rotatable bonds is 9. The molecule has 10 heteroatoms. The highest BCUT2D eigenvalue weighted by molar-refractivity contribution is 5.90. The highest BCUT2D eigenvalue weighted by Gasteiger charge is 2.29. The number of hydrogen-bond donors (Lipinski definition) is 2. The van der Waals surface area contributed by atoms with Gasteiger partial charge in [-0.1, -0.05) is 30.3 Å². The molecule has 0 aliphatic rings. The largest absolute Gasteiger partial charge is 0.467 e. The van der Waals surface area contributed by atoms with Crippen LogP contribution >= 0.6 is 0 Å². The van der Waals surface area contributed by atoms with Crippen LogP contribution in [0.3, 0.4) is 0 Å². The Kier molecular flexibility index (Phi) is 8.18. The van der Waals surface area contributed by atoms with Gasteiger partial charge >= 0.3 is 5.97 Å². The van der Waals surface area contributed by atoms with Crippen molar-refractivity contribution >= 4 is 23.5 Å². The van der Waals surface area contributed by atoms with Gasteiger partial charge < -0.3 is 15.4 Å². The molecule has 0 fully saturated rings. The average Bonchev–Trinajstić information content (AvgIpc) is 2.72. The second kappa shape index (κ2) is 10.8. The van der Waals surface area contributed by atoms with E-state index in [4.69, 9.17) is 4.74 Å². The van der Waals surface area contributed by atoms with Crippen LogP contribution in [0.15, 0.2) is 48.5 Å². The highest BCUT2D eigenvalue weighted by Crippen LogP contribution is 2.19. The Morgan fingerprint density at radius 1 is 1.06 bits per heavy atom. The molecule has 9 nitrogen and oxygen atoms in total. The molecule has 0 aliphatic heterocycles. The molecule has 0 radical (unpaired) electrons. The first kappa shape index (κ1) is 23.5.